The smallest absolute Gasteiger partial charge is 0.263 e. The van der Waals surface area contributed by atoms with Crippen molar-refractivity contribution in [3.63, 3.8) is 0 Å². The molecule has 0 spiro atoms. The van der Waals surface area contributed by atoms with Crippen LogP contribution in [-0.4, -0.2) is 41.4 Å². The van der Waals surface area contributed by atoms with Crippen LogP contribution in [0.25, 0.3) is 0 Å². The molecule has 5 nitrogen and oxygen atoms in total. The lowest BCUT2D eigenvalue weighted by Gasteiger charge is -2.31. The van der Waals surface area contributed by atoms with Crippen LogP contribution in [0.1, 0.15) is 38.8 Å². The van der Waals surface area contributed by atoms with Gasteiger partial charge < -0.3 is 15.2 Å². The topological polar surface area (TPSA) is 71.5 Å². The number of aryl methyl sites for hydroxylation is 1. The number of nitrogens with one attached hydrogen (secondary N) is 1. The highest BCUT2D eigenvalue weighted by Crippen LogP contribution is 2.22. The van der Waals surface area contributed by atoms with Crippen LogP contribution in [0.4, 0.5) is 0 Å². The Kier molecular flexibility index (Phi) is 5.28. The second-order valence-electron chi connectivity index (χ2n) is 6.20. The average molecular weight is 346 g/mol. The third-order valence-corrected chi connectivity index (χ3v) is 5.40. The van der Waals surface area contributed by atoms with Crippen LogP contribution < -0.4 is 5.32 Å². The summed E-state index contributed by atoms with van der Waals surface area (Å²) in [5, 5.41) is 14.2. The van der Waals surface area contributed by atoms with Crippen LogP contribution in [-0.2, 0) is 11.2 Å². The third-order valence-electron chi connectivity index (χ3n) is 4.25. The first kappa shape index (κ1) is 17.1. The molecule has 2 aromatic rings. The van der Waals surface area contributed by atoms with Gasteiger partial charge in [-0.2, -0.15) is 0 Å². The molecule has 1 fully saturated rings. The molecule has 2 N–H and O–H groups in total. The minimum absolute atomic E-state index is 0.163. The Morgan fingerprint density at radius 1 is 1.33 bits per heavy atom. The van der Waals surface area contributed by atoms with E-state index >= 15 is 0 Å². The molecule has 24 heavy (non-hydrogen) atoms. The number of aliphatic hydroxyl groups is 1. The van der Waals surface area contributed by atoms with Gasteiger partial charge in [-0.15, -0.1) is 11.3 Å². The molecule has 0 unspecified atom stereocenters. The lowest BCUT2D eigenvalue weighted by Crippen LogP contribution is -2.46. The van der Waals surface area contributed by atoms with Gasteiger partial charge in [-0.05, 0) is 12.5 Å². The number of carbonyl (C=O) groups excluding carboxylic acids is 1. The molecule has 1 aliphatic rings. The van der Waals surface area contributed by atoms with E-state index in [0.29, 0.717) is 30.9 Å². The van der Waals surface area contributed by atoms with Crippen LogP contribution in [0.5, 0.6) is 0 Å². The molecule has 0 atom stereocenters. The molecule has 1 aromatic heterocycles. The van der Waals surface area contributed by atoms with Gasteiger partial charge in [-0.3, -0.25) is 4.79 Å². The van der Waals surface area contributed by atoms with Gasteiger partial charge in [0.1, 0.15) is 4.88 Å². The summed E-state index contributed by atoms with van der Waals surface area (Å²) in [6.07, 6.45) is 1.82. The SMILES string of the molecule is Cc1nc(Cc2ccccc2)sc1C(=O)NCC1(O)CCOCC1. The summed E-state index contributed by atoms with van der Waals surface area (Å²) < 4.78 is 5.25. The minimum atomic E-state index is -0.862. The van der Waals surface area contributed by atoms with E-state index in [9.17, 15) is 9.90 Å². The predicted octanol–water partition coefficient (Wildman–Crippen LogP) is 2.31. The molecule has 0 saturated carbocycles. The fraction of sp³-hybridized carbons (Fsp3) is 0.444. The lowest BCUT2D eigenvalue weighted by molar-refractivity contribution is -0.0605. The Balaban J connectivity index is 1.62. The first-order valence-electron chi connectivity index (χ1n) is 8.14. The number of ether oxygens (including phenoxy) is 1. The van der Waals surface area contributed by atoms with Gasteiger partial charge in [-0.25, -0.2) is 4.98 Å². The molecular formula is C18H22N2O3S. The minimum Gasteiger partial charge on any atom is -0.388 e. The number of amides is 1. The Labute approximate surface area is 145 Å². The molecule has 1 aliphatic heterocycles. The summed E-state index contributed by atoms with van der Waals surface area (Å²) in [6.45, 7) is 3.17. The van der Waals surface area contributed by atoms with Gasteiger partial charge in [0, 0.05) is 39.0 Å². The maximum Gasteiger partial charge on any atom is 0.263 e. The zero-order valence-electron chi connectivity index (χ0n) is 13.7. The van der Waals surface area contributed by atoms with E-state index in [1.165, 1.54) is 16.9 Å². The zero-order chi connectivity index (χ0) is 17.0. The van der Waals surface area contributed by atoms with Crippen molar-refractivity contribution in [3.05, 3.63) is 51.5 Å². The molecule has 2 heterocycles. The molecule has 6 heteroatoms. The van der Waals surface area contributed by atoms with E-state index < -0.39 is 5.60 Å². The van der Waals surface area contributed by atoms with E-state index in [1.54, 1.807) is 0 Å². The Hall–Kier alpha value is -1.76. The van der Waals surface area contributed by atoms with Crippen molar-refractivity contribution in [2.45, 2.75) is 31.8 Å². The van der Waals surface area contributed by atoms with Gasteiger partial charge in [0.25, 0.3) is 5.91 Å². The molecule has 1 saturated heterocycles. The largest absolute Gasteiger partial charge is 0.388 e. The van der Waals surface area contributed by atoms with E-state index in [4.69, 9.17) is 4.74 Å². The number of hydrogen-bond acceptors (Lipinski definition) is 5. The highest BCUT2D eigenvalue weighted by molar-refractivity contribution is 7.13. The number of rotatable bonds is 5. The van der Waals surface area contributed by atoms with Crippen LogP contribution in [0, 0.1) is 6.92 Å². The normalized spacial score (nSPS) is 16.8. The van der Waals surface area contributed by atoms with Crippen molar-refractivity contribution in [2.24, 2.45) is 0 Å². The number of carbonyl (C=O) groups is 1. The maximum atomic E-state index is 12.4. The van der Waals surface area contributed by atoms with Crippen LogP contribution in [0.15, 0.2) is 30.3 Å². The Bertz CT molecular complexity index is 694. The molecule has 0 radical (unpaired) electrons. The number of aromatic nitrogens is 1. The summed E-state index contributed by atoms with van der Waals surface area (Å²) in [5.41, 5.74) is 1.05. The molecule has 1 amide bonds. The highest BCUT2D eigenvalue weighted by Gasteiger charge is 2.30. The Morgan fingerprint density at radius 2 is 2.04 bits per heavy atom. The van der Waals surface area contributed by atoms with Crippen molar-refractivity contribution in [1.82, 2.24) is 10.3 Å². The average Bonchev–Trinajstić information content (AvgIpc) is 2.95. The van der Waals surface area contributed by atoms with Crippen LogP contribution >= 0.6 is 11.3 Å². The highest BCUT2D eigenvalue weighted by atomic mass is 32.1. The molecule has 1 aromatic carbocycles. The maximum absolute atomic E-state index is 12.4. The standard InChI is InChI=1S/C18H22N2O3S/c1-13-16(17(21)19-12-18(22)7-9-23-10-8-18)24-15(20-13)11-14-5-3-2-4-6-14/h2-6,22H,7-12H2,1H3,(H,19,21). The van der Waals surface area contributed by atoms with Gasteiger partial charge in [0.15, 0.2) is 0 Å². The van der Waals surface area contributed by atoms with Crippen molar-refractivity contribution in [2.75, 3.05) is 19.8 Å². The Morgan fingerprint density at radius 3 is 2.75 bits per heavy atom. The number of thiazole rings is 1. The first-order chi connectivity index (χ1) is 11.6. The molecule has 0 bridgehead atoms. The van der Waals surface area contributed by atoms with E-state index in [0.717, 1.165) is 17.1 Å². The third kappa shape index (κ3) is 4.20. The van der Waals surface area contributed by atoms with Crippen LogP contribution in [0.3, 0.4) is 0 Å². The van der Waals surface area contributed by atoms with Crippen molar-refractivity contribution in [1.29, 1.82) is 0 Å². The lowest BCUT2D eigenvalue weighted by atomic mass is 9.94. The fourth-order valence-corrected chi connectivity index (χ4v) is 3.78. The fourth-order valence-electron chi connectivity index (χ4n) is 2.76. The van der Waals surface area contributed by atoms with Gasteiger partial charge in [0.05, 0.1) is 16.3 Å². The monoisotopic (exact) mass is 346 g/mol. The van der Waals surface area contributed by atoms with E-state index in [1.807, 2.05) is 25.1 Å². The summed E-state index contributed by atoms with van der Waals surface area (Å²) in [5.74, 6) is -0.163. The number of benzene rings is 1. The summed E-state index contributed by atoms with van der Waals surface area (Å²) in [7, 11) is 0. The molecule has 128 valence electrons. The summed E-state index contributed by atoms with van der Waals surface area (Å²) >= 11 is 1.42. The zero-order valence-corrected chi connectivity index (χ0v) is 14.6. The summed E-state index contributed by atoms with van der Waals surface area (Å²) in [4.78, 5) is 17.6. The van der Waals surface area contributed by atoms with Crippen molar-refractivity contribution < 1.29 is 14.6 Å². The van der Waals surface area contributed by atoms with Gasteiger partial charge in [0.2, 0.25) is 0 Å². The van der Waals surface area contributed by atoms with E-state index in [2.05, 4.69) is 22.4 Å². The van der Waals surface area contributed by atoms with Gasteiger partial charge >= 0.3 is 0 Å². The van der Waals surface area contributed by atoms with E-state index in [-0.39, 0.29) is 12.5 Å². The predicted molar refractivity (Wildman–Crippen MR) is 93.4 cm³/mol. The molecular weight excluding hydrogens is 324 g/mol. The quantitative estimate of drug-likeness (QED) is 0.871. The van der Waals surface area contributed by atoms with Crippen molar-refractivity contribution in [3.8, 4) is 0 Å². The number of nitrogens with zero attached hydrogens (tertiary/aromatic N) is 1. The number of hydrogen-bond donors (Lipinski definition) is 2. The van der Waals surface area contributed by atoms with Gasteiger partial charge in [-0.1, -0.05) is 30.3 Å². The summed E-state index contributed by atoms with van der Waals surface area (Å²) in [6, 6.07) is 10.1. The second-order valence-corrected chi connectivity index (χ2v) is 7.29. The molecule has 3 rings (SSSR count). The first-order valence-corrected chi connectivity index (χ1v) is 8.96. The van der Waals surface area contributed by atoms with Crippen LogP contribution in [0.2, 0.25) is 0 Å². The second kappa shape index (κ2) is 7.42. The van der Waals surface area contributed by atoms with Crippen molar-refractivity contribution >= 4 is 17.2 Å². The molecule has 0 aliphatic carbocycles.